The average molecular weight is 511 g/mol. The number of urea groups is 1. The highest BCUT2D eigenvalue weighted by Crippen LogP contribution is 2.62. The van der Waals surface area contributed by atoms with Crippen LogP contribution in [0.25, 0.3) is 0 Å². The van der Waals surface area contributed by atoms with E-state index >= 15 is 0 Å². The minimum absolute atomic E-state index is 0.0607. The topological polar surface area (TPSA) is 59.4 Å². The van der Waals surface area contributed by atoms with E-state index in [9.17, 15) is 10.1 Å². The van der Waals surface area contributed by atoms with E-state index in [1.54, 1.807) is 18.2 Å². The predicted molar refractivity (Wildman–Crippen MR) is 141 cm³/mol. The minimum Gasteiger partial charge on any atom is -0.321 e. The Morgan fingerprint density at radius 1 is 1.17 bits per heavy atom. The number of hydrogen-bond donors (Lipinski definition) is 1. The third kappa shape index (κ3) is 5.31. The number of nitrogens with one attached hydrogen (secondary N) is 1. The van der Waals surface area contributed by atoms with Gasteiger partial charge in [-0.2, -0.15) is 5.26 Å². The molecular weight excluding hydrogens is 479 g/mol. The van der Waals surface area contributed by atoms with Crippen LogP contribution in [0.2, 0.25) is 10.0 Å². The predicted octanol–water partition coefficient (Wildman–Crippen LogP) is 6.70. The minimum atomic E-state index is -0.0607. The molecule has 2 aromatic carbocycles. The fourth-order valence-corrected chi connectivity index (χ4v) is 6.53. The van der Waals surface area contributed by atoms with Crippen molar-refractivity contribution in [1.82, 2.24) is 9.80 Å². The van der Waals surface area contributed by atoms with Crippen molar-refractivity contribution in [2.45, 2.75) is 56.4 Å². The summed E-state index contributed by atoms with van der Waals surface area (Å²) in [6.45, 7) is 4.13. The molecule has 1 unspecified atom stereocenters. The molecule has 2 aromatic rings. The molecule has 1 aliphatic heterocycles. The monoisotopic (exact) mass is 510 g/mol. The third-order valence-electron chi connectivity index (χ3n) is 8.22. The van der Waals surface area contributed by atoms with Gasteiger partial charge in [-0.3, -0.25) is 0 Å². The Bertz CT molecular complexity index is 1130. The summed E-state index contributed by atoms with van der Waals surface area (Å²) in [5.41, 5.74) is 2.87. The summed E-state index contributed by atoms with van der Waals surface area (Å²) in [5.74, 6) is 0.564. The quantitative estimate of drug-likeness (QED) is 0.450. The molecule has 7 heteroatoms. The maximum atomic E-state index is 13.5. The first-order chi connectivity index (χ1) is 17.0. The van der Waals surface area contributed by atoms with Crippen molar-refractivity contribution >= 4 is 34.9 Å². The summed E-state index contributed by atoms with van der Waals surface area (Å²) in [6.07, 6.45) is 7.72. The summed E-state index contributed by atoms with van der Waals surface area (Å²) in [6, 6.07) is 15.8. The molecule has 1 N–H and O–H groups in total. The van der Waals surface area contributed by atoms with Crippen molar-refractivity contribution in [3.8, 4) is 6.07 Å². The number of fused-ring (bicyclic) bond motifs is 1. The highest BCUT2D eigenvalue weighted by molar-refractivity contribution is 6.42. The Morgan fingerprint density at radius 3 is 2.74 bits per heavy atom. The van der Waals surface area contributed by atoms with Crippen molar-refractivity contribution < 1.29 is 4.79 Å². The van der Waals surface area contributed by atoms with Gasteiger partial charge in [-0.25, -0.2) is 4.79 Å². The fourth-order valence-electron chi connectivity index (χ4n) is 6.24. The first-order valence-electron chi connectivity index (χ1n) is 12.7. The average Bonchev–Trinajstić information content (AvgIpc) is 3.38. The van der Waals surface area contributed by atoms with Crippen LogP contribution in [0.15, 0.2) is 42.5 Å². The third-order valence-corrected chi connectivity index (χ3v) is 8.96. The molecule has 0 radical (unpaired) electrons. The first kappa shape index (κ1) is 24.4. The molecule has 35 heavy (non-hydrogen) atoms. The van der Waals surface area contributed by atoms with Crippen molar-refractivity contribution in [3.05, 3.63) is 63.6 Å². The largest absolute Gasteiger partial charge is 0.322 e. The Labute approximate surface area is 218 Å². The molecule has 3 atom stereocenters. The number of nitriles is 1. The van der Waals surface area contributed by atoms with Gasteiger partial charge < -0.3 is 15.1 Å². The van der Waals surface area contributed by atoms with Crippen LogP contribution in [0.3, 0.4) is 0 Å². The van der Waals surface area contributed by atoms with E-state index in [0.29, 0.717) is 21.7 Å². The van der Waals surface area contributed by atoms with Gasteiger partial charge in [-0.15, -0.1) is 0 Å². The van der Waals surface area contributed by atoms with Gasteiger partial charge in [-0.1, -0.05) is 35.3 Å². The van der Waals surface area contributed by atoms with Gasteiger partial charge in [0.25, 0.3) is 0 Å². The normalized spacial score (nSPS) is 25.5. The van der Waals surface area contributed by atoms with Crippen LogP contribution in [0.4, 0.5) is 10.5 Å². The fraction of sp³-hybridized carbons (Fsp3) is 0.500. The number of hydrogen-bond acceptors (Lipinski definition) is 3. The lowest BCUT2D eigenvalue weighted by Crippen LogP contribution is -2.46. The lowest BCUT2D eigenvalue weighted by molar-refractivity contribution is 0.156. The van der Waals surface area contributed by atoms with Crippen LogP contribution in [0, 0.1) is 17.2 Å². The molecule has 184 valence electrons. The molecule has 1 saturated heterocycles. The van der Waals surface area contributed by atoms with Crippen molar-refractivity contribution in [3.63, 3.8) is 0 Å². The van der Waals surface area contributed by atoms with Crippen LogP contribution < -0.4 is 5.32 Å². The van der Waals surface area contributed by atoms with E-state index in [1.807, 2.05) is 12.1 Å². The van der Waals surface area contributed by atoms with Gasteiger partial charge >= 0.3 is 6.03 Å². The van der Waals surface area contributed by atoms with Gasteiger partial charge in [0.15, 0.2) is 0 Å². The molecule has 0 spiro atoms. The number of benzene rings is 2. The SMILES string of the molecule is N#Cc1cccc([C@]23CC[C@@H](N(CCCN4CCCC4)C(=O)Nc4ccc(Cl)c(Cl)c4)CC2C3)c1. The summed E-state index contributed by atoms with van der Waals surface area (Å²) >= 11 is 12.2. The highest BCUT2D eigenvalue weighted by Gasteiger charge is 2.58. The zero-order valence-corrected chi connectivity index (χ0v) is 21.5. The summed E-state index contributed by atoms with van der Waals surface area (Å²) in [5, 5.41) is 13.3. The standard InChI is InChI=1S/C28H32Cl2N4O/c29-25-8-7-23(17-26(25)30)32-27(35)34(14-4-13-33-11-1-2-12-33)24-9-10-28(18-22(28)16-24)21-6-3-5-20(15-21)19-31/h3,5-8,15,17,22,24H,1-2,4,9-14,16,18H2,(H,32,35)/t22?,24-,28-/m1/s1. The number of likely N-dealkylation sites (tertiary alicyclic amines) is 1. The number of carbonyl (C=O) groups is 1. The first-order valence-corrected chi connectivity index (χ1v) is 13.5. The molecule has 5 nitrogen and oxygen atoms in total. The van der Waals surface area contributed by atoms with Crippen LogP contribution in [-0.4, -0.2) is 48.1 Å². The van der Waals surface area contributed by atoms with E-state index < -0.39 is 0 Å². The van der Waals surface area contributed by atoms with Crippen LogP contribution >= 0.6 is 23.2 Å². The zero-order valence-electron chi connectivity index (χ0n) is 20.0. The second-order valence-corrected chi connectivity index (χ2v) is 11.1. The van der Waals surface area contributed by atoms with Crippen LogP contribution in [0.5, 0.6) is 0 Å². The lowest BCUT2D eigenvalue weighted by atomic mass is 9.80. The van der Waals surface area contributed by atoms with Gasteiger partial charge in [0.05, 0.1) is 21.7 Å². The number of nitrogens with zero attached hydrogens (tertiary/aromatic N) is 3. The zero-order chi connectivity index (χ0) is 24.4. The van der Waals surface area contributed by atoms with Gasteiger partial charge in [0, 0.05) is 18.3 Å². The molecule has 3 aliphatic rings. The molecule has 1 heterocycles. The smallest absolute Gasteiger partial charge is 0.321 e. The Morgan fingerprint density at radius 2 is 2.00 bits per heavy atom. The Hall–Kier alpha value is -2.26. The number of carbonyl (C=O) groups excluding carboxylic acids is 1. The number of anilines is 1. The molecule has 2 amide bonds. The number of halogens is 2. The molecule has 0 aromatic heterocycles. The maximum Gasteiger partial charge on any atom is 0.322 e. The number of rotatable bonds is 7. The van der Waals surface area contributed by atoms with Crippen LogP contribution in [-0.2, 0) is 5.41 Å². The van der Waals surface area contributed by atoms with E-state index in [1.165, 1.54) is 31.5 Å². The van der Waals surface area contributed by atoms with E-state index in [2.05, 4.69) is 33.3 Å². The van der Waals surface area contributed by atoms with Crippen LogP contribution in [0.1, 0.15) is 56.1 Å². The van der Waals surface area contributed by atoms with Gasteiger partial charge in [0.2, 0.25) is 0 Å². The van der Waals surface area contributed by atoms with Gasteiger partial charge in [-0.05, 0) is 112 Å². The van der Waals surface area contributed by atoms with Gasteiger partial charge in [0.1, 0.15) is 0 Å². The van der Waals surface area contributed by atoms with E-state index in [-0.39, 0.29) is 17.5 Å². The van der Waals surface area contributed by atoms with E-state index in [0.717, 1.165) is 50.8 Å². The number of amides is 2. The molecular formula is C28H32Cl2N4O. The van der Waals surface area contributed by atoms with Crippen molar-refractivity contribution in [2.75, 3.05) is 31.5 Å². The lowest BCUT2D eigenvalue weighted by Gasteiger charge is -2.37. The summed E-state index contributed by atoms with van der Waals surface area (Å²) < 4.78 is 0. The second kappa shape index (κ2) is 10.4. The molecule has 0 bridgehead atoms. The summed E-state index contributed by atoms with van der Waals surface area (Å²) in [7, 11) is 0. The van der Waals surface area contributed by atoms with Crippen molar-refractivity contribution in [2.24, 2.45) is 5.92 Å². The molecule has 2 aliphatic carbocycles. The Kier molecular flexibility index (Phi) is 7.25. The van der Waals surface area contributed by atoms with Crippen molar-refractivity contribution in [1.29, 1.82) is 5.26 Å². The second-order valence-electron chi connectivity index (χ2n) is 10.3. The molecule has 3 fully saturated rings. The molecule has 5 rings (SSSR count). The molecule has 2 saturated carbocycles. The maximum absolute atomic E-state index is 13.5. The summed E-state index contributed by atoms with van der Waals surface area (Å²) in [4.78, 5) is 18.0. The van der Waals surface area contributed by atoms with E-state index in [4.69, 9.17) is 23.2 Å². The Balaban J connectivity index is 1.27. The highest BCUT2D eigenvalue weighted by atomic mass is 35.5.